The molecule has 1 N–H and O–H groups in total. The first-order chi connectivity index (χ1) is 18.9. The van der Waals surface area contributed by atoms with Crippen LogP contribution in [0.5, 0.6) is 5.75 Å². The van der Waals surface area contributed by atoms with Crippen LogP contribution in [0.2, 0.25) is 0 Å². The van der Waals surface area contributed by atoms with Crippen molar-refractivity contribution < 1.29 is 27.8 Å². The second-order valence-electron chi connectivity index (χ2n) is 14.1. The van der Waals surface area contributed by atoms with E-state index in [2.05, 4.69) is 18.7 Å². The third-order valence-corrected chi connectivity index (χ3v) is 12.3. The molecule has 0 radical (unpaired) electrons. The Hall–Kier alpha value is -1.80. The van der Waals surface area contributed by atoms with Crippen LogP contribution >= 0.6 is 0 Å². The summed E-state index contributed by atoms with van der Waals surface area (Å²) >= 11 is 0. The molecule has 0 unspecified atom stereocenters. The average molecular weight is 563 g/mol. The van der Waals surface area contributed by atoms with E-state index in [9.17, 15) is 23.1 Å². The number of piperazine rings is 1. The number of methoxy groups -OCH3 is 1. The number of anilines is 1. The molecule has 0 spiro atoms. The highest BCUT2D eigenvalue weighted by molar-refractivity contribution is 5.87. The second-order valence-corrected chi connectivity index (χ2v) is 14.1. The summed E-state index contributed by atoms with van der Waals surface area (Å²) in [5.41, 5.74) is -1.09. The molecule has 8 heteroatoms. The summed E-state index contributed by atoms with van der Waals surface area (Å²) in [5.74, 6) is 3.22. The van der Waals surface area contributed by atoms with Gasteiger partial charge in [-0.15, -0.1) is 0 Å². The van der Waals surface area contributed by atoms with Crippen LogP contribution in [0.4, 0.5) is 18.9 Å². The Bertz CT molecular complexity index is 1130. The molecule has 7 atom stereocenters. The van der Waals surface area contributed by atoms with Crippen molar-refractivity contribution in [1.29, 1.82) is 0 Å². The molecule has 5 aliphatic rings. The third-order valence-electron chi connectivity index (χ3n) is 12.3. The number of alkyl halides is 3. The number of β-amino-alcohol motifs (C(OH)–C–C–N with tert-alkyl or cyclic N) is 1. The van der Waals surface area contributed by atoms with E-state index in [1.165, 1.54) is 25.7 Å². The maximum Gasteiger partial charge on any atom is 0.418 e. The summed E-state index contributed by atoms with van der Waals surface area (Å²) in [6.45, 7) is 7.50. The van der Waals surface area contributed by atoms with Crippen LogP contribution < -0.4 is 9.64 Å². The number of fused-ring (bicyclic) bond motifs is 5. The molecule has 0 amide bonds. The van der Waals surface area contributed by atoms with Gasteiger partial charge in [0.1, 0.15) is 11.5 Å². The topological polar surface area (TPSA) is 53.0 Å². The third kappa shape index (κ3) is 4.65. The molecule has 0 bridgehead atoms. The number of ether oxygens (including phenoxy) is 1. The molecule has 5 nitrogen and oxygen atoms in total. The molecule has 4 saturated carbocycles. The number of nitrogens with zero attached hydrogens (tertiary/aromatic N) is 2. The minimum Gasteiger partial charge on any atom is -0.497 e. The number of halogens is 3. The van der Waals surface area contributed by atoms with Gasteiger partial charge in [0.05, 0.1) is 24.0 Å². The monoisotopic (exact) mass is 562 g/mol. The smallest absolute Gasteiger partial charge is 0.418 e. The lowest BCUT2D eigenvalue weighted by atomic mass is 9.44. The molecule has 4 aliphatic carbocycles. The van der Waals surface area contributed by atoms with Gasteiger partial charge < -0.3 is 14.7 Å². The number of carbonyl (C=O) groups is 1. The van der Waals surface area contributed by atoms with E-state index < -0.39 is 17.3 Å². The molecule has 5 fully saturated rings. The Morgan fingerprint density at radius 1 is 1.00 bits per heavy atom. The predicted octanol–water partition coefficient (Wildman–Crippen LogP) is 6.18. The molecule has 222 valence electrons. The maximum atomic E-state index is 13.7. The van der Waals surface area contributed by atoms with Gasteiger partial charge in [0.2, 0.25) is 0 Å². The Balaban J connectivity index is 1.09. The molecule has 6 rings (SSSR count). The highest BCUT2D eigenvalue weighted by atomic mass is 19.4. The van der Waals surface area contributed by atoms with Crippen molar-refractivity contribution in [1.82, 2.24) is 4.90 Å². The molecule has 1 heterocycles. The normalized spacial score (nSPS) is 40.4. The number of rotatable bonds is 4. The molecule has 1 aliphatic heterocycles. The summed E-state index contributed by atoms with van der Waals surface area (Å²) in [6, 6.07) is 3.95. The first-order valence-electron chi connectivity index (χ1n) is 15.3. The van der Waals surface area contributed by atoms with E-state index in [0.29, 0.717) is 67.9 Å². The van der Waals surface area contributed by atoms with Crippen LogP contribution in [0.3, 0.4) is 0 Å². The number of Topliss-reactive ketones (excluding diaryl/α,β-unsaturated/α-hetero) is 1. The Labute approximate surface area is 236 Å². The summed E-state index contributed by atoms with van der Waals surface area (Å²) in [5, 5.41) is 11.8. The fourth-order valence-electron chi connectivity index (χ4n) is 9.94. The largest absolute Gasteiger partial charge is 0.497 e. The zero-order chi connectivity index (χ0) is 28.5. The van der Waals surface area contributed by atoms with E-state index >= 15 is 0 Å². The van der Waals surface area contributed by atoms with Gasteiger partial charge in [-0.05, 0) is 92.6 Å². The van der Waals surface area contributed by atoms with Gasteiger partial charge in [0, 0.05) is 50.6 Å². The summed E-state index contributed by atoms with van der Waals surface area (Å²) in [7, 11) is 1.47. The number of hydrogen-bond donors (Lipinski definition) is 1. The summed E-state index contributed by atoms with van der Waals surface area (Å²) < 4.78 is 46.4. The summed E-state index contributed by atoms with van der Waals surface area (Å²) in [4.78, 5) is 16.8. The van der Waals surface area contributed by atoms with Gasteiger partial charge in [-0.2, -0.15) is 13.2 Å². The quantitative estimate of drug-likeness (QED) is 0.475. The van der Waals surface area contributed by atoms with Crippen LogP contribution in [0, 0.1) is 34.5 Å². The van der Waals surface area contributed by atoms with Crippen molar-refractivity contribution in [2.45, 2.75) is 83.4 Å². The zero-order valence-electron chi connectivity index (χ0n) is 24.2. The number of carbonyl (C=O) groups excluding carboxylic acids is 1. The first kappa shape index (κ1) is 28.3. The fourth-order valence-corrected chi connectivity index (χ4v) is 9.94. The standard InChI is InChI=1S/C32H45F3N2O3/c1-29-12-13-31(39,19-21(29)4-6-23-24-8-9-28(38)30(24,2)11-10-25(23)29)20-36-14-16-37(17-15-36)27-18-22(40-3)5-7-26(27)32(33,34)35/h5,7,18,21,23-25,39H,4,6,8-17,19-20H2,1-3H3/t21-,23-,24-,25-,29-,30-,31+/m0/s1. The second kappa shape index (κ2) is 9.89. The Kier molecular flexibility index (Phi) is 7.00. The van der Waals surface area contributed by atoms with Crippen molar-refractivity contribution in [3.63, 3.8) is 0 Å². The van der Waals surface area contributed by atoms with E-state index in [0.717, 1.165) is 57.4 Å². The molecule has 1 saturated heterocycles. The fraction of sp³-hybridized carbons (Fsp3) is 0.781. The first-order valence-corrected chi connectivity index (χ1v) is 15.3. The molecular formula is C32H45F3N2O3. The van der Waals surface area contributed by atoms with Gasteiger partial charge in [-0.25, -0.2) is 0 Å². The average Bonchev–Trinajstić information content (AvgIpc) is 3.23. The van der Waals surface area contributed by atoms with Crippen molar-refractivity contribution in [2.24, 2.45) is 34.5 Å². The lowest BCUT2D eigenvalue weighted by molar-refractivity contribution is -0.157. The summed E-state index contributed by atoms with van der Waals surface area (Å²) in [6.07, 6.45) is 4.47. The van der Waals surface area contributed by atoms with Gasteiger partial charge in [-0.3, -0.25) is 9.69 Å². The van der Waals surface area contributed by atoms with Crippen LogP contribution in [0.25, 0.3) is 0 Å². The van der Waals surface area contributed by atoms with E-state index in [-0.39, 0.29) is 16.5 Å². The van der Waals surface area contributed by atoms with E-state index in [4.69, 9.17) is 4.74 Å². The highest BCUT2D eigenvalue weighted by Crippen LogP contribution is 2.66. The predicted molar refractivity (Wildman–Crippen MR) is 148 cm³/mol. The molecule has 1 aromatic rings. The van der Waals surface area contributed by atoms with Crippen LogP contribution in [0.15, 0.2) is 18.2 Å². The lowest BCUT2D eigenvalue weighted by Gasteiger charge is -2.61. The van der Waals surface area contributed by atoms with Crippen LogP contribution in [-0.4, -0.2) is 61.2 Å². The van der Waals surface area contributed by atoms with Gasteiger partial charge in [0.25, 0.3) is 0 Å². The Morgan fingerprint density at radius 2 is 1.75 bits per heavy atom. The number of benzene rings is 1. The highest BCUT2D eigenvalue weighted by Gasteiger charge is 2.61. The molecule has 0 aromatic heterocycles. The molecular weight excluding hydrogens is 517 g/mol. The number of ketones is 1. The van der Waals surface area contributed by atoms with Gasteiger partial charge in [0.15, 0.2) is 0 Å². The zero-order valence-corrected chi connectivity index (χ0v) is 24.2. The minimum absolute atomic E-state index is 0.104. The SMILES string of the molecule is COc1ccc(C(F)(F)F)c(N2CCN(C[C@@]3(O)CC[C@@]4(C)[C@@H](CC[C@@H]5[C@@H]4CC[C@]4(C)C(=O)CC[C@@H]54)C3)CC2)c1. The van der Waals surface area contributed by atoms with Crippen LogP contribution in [0.1, 0.15) is 77.2 Å². The van der Waals surface area contributed by atoms with Crippen molar-refractivity contribution in [2.75, 3.05) is 44.7 Å². The maximum absolute atomic E-state index is 13.7. The number of hydrogen-bond acceptors (Lipinski definition) is 5. The van der Waals surface area contributed by atoms with Crippen molar-refractivity contribution in [3.8, 4) is 5.75 Å². The van der Waals surface area contributed by atoms with Crippen molar-refractivity contribution >= 4 is 11.5 Å². The van der Waals surface area contributed by atoms with Gasteiger partial charge >= 0.3 is 6.18 Å². The van der Waals surface area contributed by atoms with E-state index in [1.807, 2.05) is 0 Å². The van der Waals surface area contributed by atoms with E-state index in [1.54, 1.807) is 4.90 Å². The van der Waals surface area contributed by atoms with Crippen LogP contribution in [-0.2, 0) is 11.0 Å². The Morgan fingerprint density at radius 3 is 2.45 bits per heavy atom. The minimum atomic E-state index is -4.42. The molecule has 1 aromatic carbocycles. The van der Waals surface area contributed by atoms with Gasteiger partial charge in [-0.1, -0.05) is 13.8 Å². The van der Waals surface area contributed by atoms with Crippen molar-refractivity contribution in [3.05, 3.63) is 23.8 Å². The number of aliphatic hydroxyl groups is 1. The molecule has 40 heavy (non-hydrogen) atoms. The lowest BCUT2D eigenvalue weighted by Crippen LogP contribution is -2.59.